The van der Waals surface area contributed by atoms with Crippen LogP contribution >= 0.6 is 7.82 Å². The van der Waals surface area contributed by atoms with E-state index >= 15 is 0 Å². The van der Waals surface area contributed by atoms with Crippen LogP contribution in [0.3, 0.4) is 0 Å². The third-order valence-corrected chi connectivity index (χ3v) is 14.8. The number of rotatable bonds is 58. The third kappa shape index (κ3) is 60.8. The molecule has 0 rings (SSSR count). The van der Waals surface area contributed by atoms with Crippen LogP contribution in [0.15, 0.2) is 60.8 Å². The van der Waals surface area contributed by atoms with Gasteiger partial charge in [-0.1, -0.05) is 280 Å². The average molecular weight is 1070 g/mol. The van der Waals surface area contributed by atoms with E-state index in [0.717, 1.165) is 77.0 Å². The second kappa shape index (κ2) is 56.4. The fourth-order valence-electron chi connectivity index (χ4n) is 8.98. The SMILES string of the molecule is CC/C=C\C/C=C\C/C=C\C/C=C\C/C=C\CCCCCCCCCCCCCC(=O)OC(COC(=O)CCCCCCCCCCCCCCCCCCCCCCCCCC)COP(=O)([O-])OCC[N+](C)(C)C. The topological polar surface area (TPSA) is 111 Å². The van der Waals surface area contributed by atoms with Gasteiger partial charge in [0.15, 0.2) is 6.10 Å². The summed E-state index contributed by atoms with van der Waals surface area (Å²) in [5.74, 6) is -0.825. The van der Waals surface area contributed by atoms with Crippen LogP contribution in [0.25, 0.3) is 0 Å². The summed E-state index contributed by atoms with van der Waals surface area (Å²) in [7, 11) is 1.17. The van der Waals surface area contributed by atoms with E-state index in [1.807, 2.05) is 21.1 Å². The molecule has 0 aliphatic carbocycles. The Balaban J connectivity index is 4.11. The summed E-state index contributed by atoms with van der Waals surface area (Å²) in [6.45, 7) is 4.17. The molecule has 0 bridgehead atoms. The molecule has 10 heteroatoms. The second-order valence-corrected chi connectivity index (χ2v) is 23.8. The van der Waals surface area contributed by atoms with E-state index in [9.17, 15) is 19.0 Å². The molecule has 438 valence electrons. The fraction of sp³-hybridized carbons (Fsp3) is 0.815. The number of quaternary nitrogens is 1. The maximum absolute atomic E-state index is 12.8. The van der Waals surface area contributed by atoms with Gasteiger partial charge in [-0.25, -0.2) is 0 Å². The highest BCUT2D eigenvalue weighted by atomic mass is 31.2. The minimum absolute atomic E-state index is 0.0315. The summed E-state index contributed by atoms with van der Waals surface area (Å²) in [5.41, 5.74) is 0. The van der Waals surface area contributed by atoms with Crippen molar-refractivity contribution in [2.75, 3.05) is 47.5 Å². The lowest BCUT2D eigenvalue weighted by molar-refractivity contribution is -0.870. The molecule has 2 atom stereocenters. The zero-order valence-electron chi connectivity index (χ0n) is 49.7. The molecule has 0 N–H and O–H groups in total. The molecule has 0 aliphatic rings. The van der Waals surface area contributed by atoms with Crippen LogP contribution in [0.1, 0.15) is 290 Å². The number of likely N-dealkylation sites (N-methyl/N-ethyl adjacent to an activating group) is 1. The Morgan fingerprint density at radius 2 is 0.760 bits per heavy atom. The lowest BCUT2D eigenvalue weighted by atomic mass is 10.0. The van der Waals surface area contributed by atoms with Crippen molar-refractivity contribution in [3.63, 3.8) is 0 Å². The van der Waals surface area contributed by atoms with Gasteiger partial charge in [-0.2, -0.15) is 0 Å². The Labute approximate surface area is 464 Å². The number of phosphoric ester groups is 1. The Kier molecular flexibility index (Phi) is 54.7. The summed E-state index contributed by atoms with van der Waals surface area (Å²) in [4.78, 5) is 38.0. The van der Waals surface area contributed by atoms with Gasteiger partial charge < -0.3 is 27.9 Å². The Bertz CT molecular complexity index is 1450. The molecule has 0 amide bonds. The molecular weight excluding hydrogens is 954 g/mol. The van der Waals surface area contributed by atoms with Gasteiger partial charge >= 0.3 is 11.9 Å². The monoisotopic (exact) mass is 1070 g/mol. The van der Waals surface area contributed by atoms with E-state index in [1.165, 1.54) is 180 Å². The number of carbonyl (C=O) groups is 2. The van der Waals surface area contributed by atoms with Gasteiger partial charge in [0.05, 0.1) is 27.7 Å². The van der Waals surface area contributed by atoms with Gasteiger partial charge in [0.25, 0.3) is 7.82 Å². The first kappa shape index (κ1) is 72.7. The summed E-state index contributed by atoms with van der Waals surface area (Å²) in [5, 5.41) is 0. The quantitative estimate of drug-likeness (QED) is 0.0195. The standard InChI is InChI=1S/C65H120NO8P/c1-6-8-10-12-14-16-18-20-22-24-26-28-30-32-33-34-36-38-40-42-44-46-48-50-52-54-56-58-65(68)74-63(62-73-75(69,70)72-60-59-66(3,4)5)61-71-64(67)57-55-53-51-49-47-45-43-41-39-37-35-31-29-27-25-23-21-19-17-15-13-11-9-7-2/h8,10,14,16,20,22,26,28,32-33,63H,6-7,9,11-13,15,17-19,21,23-25,27,29-31,34-62H2,1-5H3/b10-8-,16-14-,22-20-,28-26-,33-32-. The average Bonchev–Trinajstić information content (AvgIpc) is 3.37. The third-order valence-electron chi connectivity index (χ3n) is 13.8. The number of nitrogens with zero attached hydrogens (tertiary/aromatic N) is 1. The molecule has 75 heavy (non-hydrogen) atoms. The van der Waals surface area contributed by atoms with Crippen LogP contribution in [0.4, 0.5) is 0 Å². The molecular formula is C65H120NO8P. The predicted octanol–water partition coefficient (Wildman–Crippen LogP) is 19.2. The number of hydrogen-bond donors (Lipinski definition) is 0. The highest BCUT2D eigenvalue weighted by Crippen LogP contribution is 2.38. The van der Waals surface area contributed by atoms with Crippen LogP contribution in [-0.4, -0.2) is 70.0 Å². The first-order valence-corrected chi connectivity index (χ1v) is 33.0. The van der Waals surface area contributed by atoms with Crippen molar-refractivity contribution < 1.29 is 42.1 Å². The second-order valence-electron chi connectivity index (χ2n) is 22.4. The maximum atomic E-state index is 12.8. The minimum Gasteiger partial charge on any atom is -0.756 e. The molecule has 0 aromatic heterocycles. The van der Waals surface area contributed by atoms with Gasteiger partial charge in [-0.05, 0) is 57.8 Å². The van der Waals surface area contributed by atoms with Gasteiger partial charge in [-0.3, -0.25) is 14.2 Å². The zero-order valence-corrected chi connectivity index (χ0v) is 50.6. The molecule has 0 heterocycles. The molecule has 0 radical (unpaired) electrons. The van der Waals surface area contributed by atoms with E-state index in [2.05, 4.69) is 74.6 Å². The number of esters is 2. The first-order chi connectivity index (χ1) is 36.5. The van der Waals surface area contributed by atoms with Crippen molar-refractivity contribution in [2.45, 2.75) is 296 Å². The zero-order chi connectivity index (χ0) is 54.9. The highest BCUT2D eigenvalue weighted by molar-refractivity contribution is 7.45. The van der Waals surface area contributed by atoms with E-state index < -0.39 is 26.5 Å². The van der Waals surface area contributed by atoms with Gasteiger partial charge in [0.1, 0.15) is 19.8 Å². The summed E-state index contributed by atoms with van der Waals surface area (Å²) >= 11 is 0. The molecule has 0 aromatic carbocycles. The molecule has 0 fully saturated rings. The number of ether oxygens (including phenoxy) is 2. The predicted molar refractivity (Wildman–Crippen MR) is 319 cm³/mol. The molecule has 0 saturated heterocycles. The van der Waals surface area contributed by atoms with E-state index in [1.54, 1.807) is 0 Å². The van der Waals surface area contributed by atoms with Crippen LogP contribution in [0.2, 0.25) is 0 Å². The lowest BCUT2D eigenvalue weighted by Gasteiger charge is -2.28. The largest absolute Gasteiger partial charge is 0.756 e. The summed E-state index contributed by atoms with van der Waals surface area (Å²) in [6.07, 6.45) is 72.7. The number of hydrogen-bond acceptors (Lipinski definition) is 8. The van der Waals surface area contributed by atoms with Crippen molar-refractivity contribution in [3.8, 4) is 0 Å². The summed E-state index contributed by atoms with van der Waals surface area (Å²) < 4.78 is 34.2. The molecule has 0 saturated carbocycles. The summed E-state index contributed by atoms with van der Waals surface area (Å²) in [6, 6.07) is 0. The number of carbonyl (C=O) groups excluding carboxylic acids is 2. The van der Waals surface area contributed by atoms with Crippen molar-refractivity contribution in [1.82, 2.24) is 0 Å². The van der Waals surface area contributed by atoms with Crippen LogP contribution in [-0.2, 0) is 32.7 Å². The van der Waals surface area contributed by atoms with Gasteiger partial charge in [0.2, 0.25) is 0 Å². The molecule has 9 nitrogen and oxygen atoms in total. The normalized spacial score (nSPS) is 13.6. The molecule has 0 spiro atoms. The smallest absolute Gasteiger partial charge is 0.306 e. The highest BCUT2D eigenvalue weighted by Gasteiger charge is 2.22. The van der Waals surface area contributed by atoms with E-state index in [-0.39, 0.29) is 32.0 Å². The van der Waals surface area contributed by atoms with E-state index in [4.69, 9.17) is 18.5 Å². The van der Waals surface area contributed by atoms with Crippen molar-refractivity contribution in [3.05, 3.63) is 60.8 Å². The van der Waals surface area contributed by atoms with Crippen molar-refractivity contribution >= 4 is 19.8 Å². The Hall–Kier alpha value is -2.29. The Morgan fingerprint density at radius 3 is 1.13 bits per heavy atom. The lowest BCUT2D eigenvalue weighted by Crippen LogP contribution is -2.37. The molecule has 2 unspecified atom stereocenters. The van der Waals surface area contributed by atoms with Gasteiger partial charge in [-0.15, -0.1) is 0 Å². The van der Waals surface area contributed by atoms with Crippen LogP contribution in [0, 0.1) is 0 Å². The number of allylic oxidation sites excluding steroid dienone is 10. The molecule has 0 aromatic rings. The number of phosphoric acid groups is 1. The van der Waals surface area contributed by atoms with Crippen molar-refractivity contribution in [1.29, 1.82) is 0 Å². The van der Waals surface area contributed by atoms with Crippen LogP contribution < -0.4 is 4.89 Å². The molecule has 0 aliphatic heterocycles. The minimum atomic E-state index is -4.64. The fourth-order valence-corrected chi connectivity index (χ4v) is 9.71. The van der Waals surface area contributed by atoms with Gasteiger partial charge in [0, 0.05) is 12.8 Å². The first-order valence-electron chi connectivity index (χ1n) is 31.5. The van der Waals surface area contributed by atoms with Crippen molar-refractivity contribution in [2.24, 2.45) is 0 Å². The van der Waals surface area contributed by atoms with E-state index in [0.29, 0.717) is 17.4 Å². The van der Waals surface area contributed by atoms with Crippen LogP contribution in [0.5, 0.6) is 0 Å². The number of unbranched alkanes of at least 4 members (excludes halogenated alkanes) is 34. The maximum Gasteiger partial charge on any atom is 0.306 e. The Morgan fingerprint density at radius 1 is 0.427 bits per heavy atom.